The third-order valence-corrected chi connectivity index (χ3v) is 3.57. The first-order valence-corrected chi connectivity index (χ1v) is 6.58. The van der Waals surface area contributed by atoms with Crippen LogP contribution in [0, 0.1) is 0 Å². The van der Waals surface area contributed by atoms with Gasteiger partial charge in [-0.3, -0.25) is 4.79 Å². The minimum absolute atomic E-state index is 0.0128. The molecule has 1 fully saturated rings. The number of hydrogen-bond donors (Lipinski definition) is 2. The number of amides is 1. The highest BCUT2D eigenvalue weighted by atomic mass is 16.5. The quantitative estimate of drug-likeness (QED) is 0.832. The van der Waals surface area contributed by atoms with Gasteiger partial charge >= 0.3 is 0 Å². The summed E-state index contributed by atoms with van der Waals surface area (Å²) in [4.78, 5) is 12.1. The molecule has 4 heteroatoms. The molecular formula is C14H18N2O2. The van der Waals surface area contributed by atoms with E-state index in [2.05, 4.69) is 10.6 Å². The molecule has 0 bridgehead atoms. The second kappa shape index (κ2) is 4.98. The summed E-state index contributed by atoms with van der Waals surface area (Å²) >= 11 is 0. The Hall–Kier alpha value is -1.55. The number of carbonyl (C=O) groups excluding carboxylic acids is 1. The molecular weight excluding hydrogens is 228 g/mol. The van der Waals surface area contributed by atoms with Gasteiger partial charge in [0.05, 0.1) is 12.6 Å². The normalized spacial score (nSPS) is 22.1. The molecule has 1 atom stereocenters. The number of carbonyl (C=O) groups is 1. The van der Waals surface area contributed by atoms with E-state index in [1.54, 1.807) is 0 Å². The van der Waals surface area contributed by atoms with Gasteiger partial charge in [0.1, 0.15) is 0 Å². The van der Waals surface area contributed by atoms with E-state index in [1.165, 1.54) is 11.3 Å². The number of anilines is 1. The maximum Gasteiger partial charge on any atom is 0.251 e. The molecule has 1 saturated heterocycles. The molecule has 18 heavy (non-hydrogen) atoms. The highest BCUT2D eigenvalue weighted by molar-refractivity contribution is 5.95. The van der Waals surface area contributed by atoms with E-state index in [4.69, 9.17) is 4.74 Å². The summed E-state index contributed by atoms with van der Waals surface area (Å²) in [5, 5.41) is 6.37. The van der Waals surface area contributed by atoms with E-state index in [0.717, 1.165) is 38.0 Å². The lowest BCUT2D eigenvalue weighted by Gasteiger charge is -2.19. The number of benzene rings is 1. The van der Waals surface area contributed by atoms with Crippen LogP contribution in [0.4, 0.5) is 5.69 Å². The Kier molecular flexibility index (Phi) is 3.19. The number of ether oxygens (including phenoxy) is 1. The van der Waals surface area contributed by atoms with Gasteiger partial charge in [0.25, 0.3) is 5.91 Å². The largest absolute Gasteiger partial charge is 0.385 e. The topological polar surface area (TPSA) is 50.4 Å². The zero-order valence-corrected chi connectivity index (χ0v) is 10.4. The highest BCUT2D eigenvalue weighted by Crippen LogP contribution is 2.23. The Morgan fingerprint density at radius 3 is 3.22 bits per heavy atom. The lowest BCUT2D eigenvalue weighted by Crippen LogP contribution is -2.35. The minimum Gasteiger partial charge on any atom is -0.385 e. The third kappa shape index (κ3) is 2.34. The van der Waals surface area contributed by atoms with Crippen molar-refractivity contribution in [1.29, 1.82) is 0 Å². The molecule has 0 aliphatic carbocycles. The van der Waals surface area contributed by atoms with Crippen LogP contribution in [0.25, 0.3) is 0 Å². The third-order valence-electron chi connectivity index (χ3n) is 3.57. The molecule has 0 spiro atoms. The van der Waals surface area contributed by atoms with E-state index < -0.39 is 0 Å². The van der Waals surface area contributed by atoms with Crippen LogP contribution in [0.15, 0.2) is 18.2 Å². The molecule has 0 radical (unpaired) electrons. The molecule has 1 aromatic rings. The van der Waals surface area contributed by atoms with E-state index in [1.807, 2.05) is 18.2 Å². The van der Waals surface area contributed by atoms with Crippen molar-refractivity contribution in [2.45, 2.75) is 25.3 Å². The van der Waals surface area contributed by atoms with Crippen molar-refractivity contribution < 1.29 is 9.53 Å². The van der Waals surface area contributed by atoms with Gasteiger partial charge in [0.15, 0.2) is 0 Å². The highest BCUT2D eigenvalue weighted by Gasteiger charge is 2.19. The van der Waals surface area contributed by atoms with Gasteiger partial charge in [-0.05, 0) is 43.0 Å². The first kappa shape index (κ1) is 11.5. The predicted octanol–water partition coefficient (Wildman–Crippen LogP) is 1.56. The van der Waals surface area contributed by atoms with Crippen LogP contribution in [-0.2, 0) is 11.2 Å². The summed E-state index contributed by atoms with van der Waals surface area (Å²) in [5.74, 6) is 0.0128. The fourth-order valence-electron chi connectivity index (χ4n) is 2.53. The van der Waals surface area contributed by atoms with Crippen LogP contribution in [0.2, 0.25) is 0 Å². The number of hydrogen-bond acceptors (Lipinski definition) is 3. The van der Waals surface area contributed by atoms with Crippen molar-refractivity contribution in [2.24, 2.45) is 0 Å². The van der Waals surface area contributed by atoms with Crippen LogP contribution in [0.5, 0.6) is 0 Å². The number of aryl methyl sites for hydroxylation is 1. The molecule has 2 aliphatic rings. The van der Waals surface area contributed by atoms with Gasteiger partial charge in [-0.15, -0.1) is 0 Å². The Balaban J connectivity index is 1.73. The summed E-state index contributed by atoms with van der Waals surface area (Å²) < 4.78 is 5.26. The van der Waals surface area contributed by atoms with Crippen LogP contribution in [0.1, 0.15) is 28.8 Å². The molecule has 0 saturated carbocycles. The maximum absolute atomic E-state index is 12.1. The van der Waals surface area contributed by atoms with E-state index in [-0.39, 0.29) is 11.9 Å². The monoisotopic (exact) mass is 246 g/mol. The summed E-state index contributed by atoms with van der Waals surface area (Å²) in [6, 6.07) is 6.08. The van der Waals surface area contributed by atoms with Crippen LogP contribution >= 0.6 is 0 Å². The van der Waals surface area contributed by atoms with Gasteiger partial charge in [-0.1, -0.05) is 0 Å². The number of fused-ring (bicyclic) bond motifs is 1. The molecule has 1 unspecified atom stereocenters. The molecule has 3 rings (SSSR count). The van der Waals surface area contributed by atoms with Crippen molar-refractivity contribution in [1.82, 2.24) is 5.32 Å². The second-order valence-electron chi connectivity index (χ2n) is 4.94. The van der Waals surface area contributed by atoms with Crippen molar-refractivity contribution in [3.05, 3.63) is 29.3 Å². The SMILES string of the molecule is O=C(NC1CCOC1)c1ccc2c(c1)CCCN2. The van der Waals surface area contributed by atoms with Crippen molar-refractivity contribution >= 4 is 11.6 Å². The van der Waals surface area contributed by atoms with E-state index in [0.29, 0.717) is 6.61 Å². The van der Waals surface area contributed by atoms with Crippen LogP contribution in [-0.4, -0.2) is 31.7 Å². The number of rotatable bonds is 2. The van der Waals surface area contributed by atoms with Gasteiger partial charge in [0, 0.05) is 24.4 Å². The van der Waals surface area contributed by atoms with Crippen LogP contribution < -0.4 is 10.6 Å². The molecule has 2 aliphatic heterocycles. The smallest absolute Gasteiger partial charge is 0.251 e. The van der Waals surface area contributed by atoms with E-state index >= 15 is 0 Å². The minimum atomic E-state index is 0.0128. The molecule has 96 valence electrons. The molecule has 0 aromatic heterocycles. The Morgan fingerprint density at radius 1 is 1.44 bits per heavy atom. The molecule has 1 aromatic carbocycles. The maximum atomic E-state index is 12.1. The Bertz CT molecular complexity index is 453. The van der Waals surface area contributed by atoms with Gasteiger partial charge in [0.2, 0.25) is 0 Å². The fourth-order valence-corrected chi connectivity index (χ4v) is 2.53. The van der Waals surface area contributed by atoms with Gasteiger partial charge in [-0.2, -0.15) is 0 Å². The van der Waals surface area contributed by atoms with Crippen molar-refractivity contribution in [3.8, 4) is 0 Å². The molecule has 2 N–H and O–H groups in total. The zero-order valence-electron chi connectivity index (χ0n) is 10.4. The molecule has 2 heterocycles. The van der Waals surface area contributed by atoms with Crippen LogP contribution in [0.3, 0.4) is 0 Å². The van der Waals surface area contributed by atoms with Crippen molar-refractivity contribution in [3.63, 3.8) is 0 Å². The first-order chi connectivity index (χ1) is 8.83. The number of nitrogens with one attached hydrogen (secondary N) is 2. The fraction of sp³-hybridized carbons (Fsp3) is 0.500. The molecule has 1 amide bonds. The lowest BCUT2D eigenvalue weighted by molar-refractivity contribution is 0.0930. The van der Waals surface area contributed by atoms with E-state index in [9.17, 15) is 4.79 Å². The van der Waals surface area contributed by atoms with Gasteiger partial charge < -0.3 is 15.4 Å². The summed E-state index contributed by atoms with van der Waals surface area (Å²) in [6.45, 7) is 2.41. The van der Waals surface area contributed by atoms with Crippen molar-refractivity contribution in [2.75, 3.05) is 25.1 Å². The van der Waals surface area contributed by atoms with Gasteiger partial charge in [-0.25, -0.2) is 0 Å². The summed E-state index contributed by atoms with van der Waals surface area (Å²) in [7, 11) is 0. The predicted molar refractivity (Wildman–Crippen MR) is 69.9 cm³/mol. The average Bonchev–Trinajstić information content (AvgIpc) is 2.91. The zero-order chi connectivity index (χ0) is 12.4. The Morgan fingerprint density at radius 2 is 2.39 bits per heavy atom. The Labute approximate surface area is 107 Å². The summed E-state index contributed by atoms with van der Waals surface area (Å²) in [6.07, 6.45) is 3.10. The first-order valence-electron chi connectivity index (χ1n) is 6.58. The second-order valence-corrected chi connectivity index (χ2v) is 4.94. The lowest BCUT2D eigenvalue weighted by atomic mass is 10.0. The molecule has 4 nitrogen and oxygen atoms in total. The average molecular weight is 246 g/mol. The standard InChI is InChI=1S/C14H18N2O2/c17-14(16-12-5-7-18-9-12)11-3-4-13-10(8-11)2-1-6-15-13/h3-4,8,12,15H,1-2,5-7,9H2,(H,16,17). The summed E-state index contributed by atoms with van der Waals surface area (Å²) in [5.41, 5.74) is 3.17.